The minimum atomic E-state index is 0.598. The molecule has 0 amide bonds. The lowest BCUT2D eigenvalue weighted by Gasteiger charge is -2.32. The van der Waals surface area contributed by atoms with Crippen LogP contribution in [-0.4, -0.2) is 22.5 Å². The zero-order valence-corrected chi connectivity index (χ0v) is 15.8. The summed E-state index contributed by atoms with van der Waals surface area (Å²) in [6.45, 7) is 6.41. The fourth-order valence-corrected chi connectivity index (χ4v) is 3.71. The quantitative estimate of drug-likeness (QED) is 0.637. The third-order valence-electron chi connectivity index (χ3n) is 5.29. The molecule has 0 bridgehead atoms. The Balaban J connectivity index is 1.73. The van der Waals surface area contributed by atoms with Gasteiger partial charge in [0.1, 0.15) is 5.65 Å². The second kappa shape index (κ2) is 6.66. The van der Waals surface area contributed by atoms with E-state index in [-0.39, 0.29) is 0 Å². The number of rotatable bonds is 2. The van der Waals surface area contributed by atoms with Crippen LogP contribution < -0.4 is 4.90 Å². The predicted molar refractivity (Wildman–Crippen MR) is 106 cm³/mol. The van der Waals surface area contributed by atoms with Crippen molar-refractivity contribution in [1.29, 1.82) is 5.26 Å². The average molecular weight is 365 g/mol. The van der Waals surface area contributed by atoms with Gasteiger partial charge in [-0.15, -0.1) is 0 Å². The molecule has 0 radical (unpaired) electrons. The molecule has 0 spiro atoms. The molecule has 0 N–H and O–H groups in total. The Bertz CT molecular complexity index is 1010. The molecule has 26 heavy (non-hydrogen) atoms. The number of piperidine rings is 1. The van der Waals surface area contributed by atoms with Gasteiger partial charge in [0.2, 0.25) is 0 Å². The van der Waals surface area contributed by atoms with E-state index in [1.165, 1.54) is 18.5 Å². The van der Waals surface area contributed by atoms with Gasteiger partial charge in [0.15, 0.2) is 0 Å². The molecule has 0 aliphatic carbocycles. The highest BCUT2D eigenvalue weighted by Crippen LogP contribution is 2.30. The van der Waals surface area contributed by atoms with Gasteiger partial charge in [0, 0.05) is 47.8 Å². The number of nitriles is 1. The number of fused-ring (bicyclic) bond motifs is 1. The normalized spacial score (nSPS) is 15.4. The van der Waals surface area contributed by atoms with Crippen molar-refractivity contribution in [2.75, 3.05) is 18.0 Å². The average Bonchev–Trinajstić information content (AvgIpc) is 3.07. The summed E-state index contributed by atoms with van der Waals surface area (Å²) < 4.78 is 2.00. The van der Waals surface area contributed by atoms with Gasteiger partial charge in [-0.2, -0.15) is 5.26 Å². The molecule has 4 rings (SSSR count). The first-order valence-corrected chi connectivity index (χ1v) is 9.37. The molecule has 1 fully saturated rings. The minimum Gasteiger partial charge on any atom is -0.371 e. The van der Waals surface area contributed by atoms with E-state index in [9.17, 15) is 5.26 Å². The summed E-state index contributed by atoms with van der Waals surface area (Å²) in [4.78, 5) is 7.19. The molecule has 1 saturated heterocycles. The fraction of sp³-hybridized carbons (Fsp3) is 0.333. The van der Waals surface area contributed by atoms with Crippen LogP contribution >= 0.6 is 11.6 Å². The SMILES string of the molecule is Cc1cc(C#N)c(-c2cn3ccc(N4CCC(C)CC4)cc3n2)cc1Cl. The van der Waals surface area contributed by atoms with Crippen molar-refractivity contribution in [1.82, 2.24) is 9.38 Å². The number of hydrogen-bond donors (Lipinski definition) is 0. The number of anilines is 1. The van der Waals surface area contributed by atoms with Crippen LogP contribution in [0, 0.1) is 24.2 Å². The highest BCUT2D eigenvalue weighted by Gasteiger charge is 2.17. The van der Waals surface area contributed by atoms with Gasteiger partial charge in [-0.25, -0.2) is 4.98 Å². The van der Waals surface area contributed by atoms with Crippen LogP contribution in [0.4, 0.5) is 5.69 Å². The molecule has 2 aromatic heterocycles. The number of pyridine rings is 1. The van der Waals surface area contributed by atoms with Crippen molar-refractivity contribution >= 4 is 22.9 Å². The number of aryl methyl sites for hydroxylation is 1. The van der Waals surface area contributed by atoms with Crippen molar-refractivity contribution in [2.45, 2.75) is 26.7 Å². The minimum absolute atomic E-state index is 0.598. The third-order valence-corrected chi connectivity index (χ3v) is 5.69. The second-order valence-electron chi connectivity index (χ2n) is 7.20. The van der Waals surface area contributed by atoms with Crippen molar-refractivity contribution in [2.24, 2.45) is 5.92 Å². The molecule has 132 valence electrons. The topological polar surface area (TPSA) is 44.3 Å². The largest absolute Gasteiger partial charge is 0.371 e. The lowest BCUT2D eigenvalue weighted by molar-refractivity contribution is 0.438. The van der Waals surface area contributed by atoms with Gasteiger partial charge >= 0.3 is 0 Å². The van der Waals surface area contributed by atoms with Gasteiger partial charge in [0.25, 0.3) is 0 Å². The highest BCUT2D eigenvalue weighted by atomic mass is 35.5. The van der Waals surface area contributed by atoms with Crippen molar-refractivity contribution < 1.29 is 0 Å². The summed E-state index contributed by atoms with van der Waals surface area (Å²) in [5.74, 6) is 0.809. The predicted octanol–water partition coefficient (Wildman–Crippen LogP) is 5.07. The summed E-state index contributed by atoms with van der Waals surface area (Å²) >= 11 is 6.28. The highest BCUT2D eigenvalue weighted by molar-refractivity contribution is 6.31. The van der Waals surface area contributed by atoms with E-state index in [0.717, 1.165) is 41.5 Å². The zero-order valence-electron chi connectivity index (χ0n) is 15.0. The summed E-state index contributed by atoms with van der Waals surface area (Å²) in [6.07, 6.45) is 6.47. The van der Waals surface area contributed by atoms with Crippen LogP contribution in [0.2, 0.25) is 5.02 Å². The molecule has 1 aliphatic heterocycles. The maximum atomic E-state index is 9.47. The lowest BCUT2D eigenvalue weighted by Crippen LogP contribution is -2.32. The van der Waals surface area contributed by atoms with E-state index in [2.05, 4.69) is 30.0 Å². The van der Waals surface area contributed by atoms with E-state index in [1.54, 1.807) is 0 Å². The van der Waals surface area contributed by atoms with Gasteiger partial charge in [-0.05, 0) is 49.4 Å². The lowest BCUT2D eigenvalue weighted by atomic mass is 9.99. The van der Waals surface area contributed by atoms with Gasteiger partial charge in [0.05, 0.1) is 17.3 Å². The number of hydrogen-bond acceptors (Lipinski definition) is 3. The Labute approximate surface area is 158 Å². The first kappa shape index (κ1) is 16.9. The van der Waals surface area contributed by atoms with Crippen LogP contribution in [0.15, 0.2) is 36.7 Å². The Morgan fingerprint density at radius 2 is 2.00 bits per heavy atom. The van der Waals surface area contributed by atoms with Crippen molar-refractivity contribution in [3.63, 3.8) is 0 Å². The Kier molecular flexibility index (Phi) is 4.34. The van der Waals surface area contributed by atoms with Gasteiger partial charge in [-0.1, -0.05) is 18.5 Å². The van der Waals surface area contributed by atoms with E-state index in [1.807, 2.05) is 35.9 Å². The number of imidazole rings is 1. The molecule has 3 aromatic rings. The summed E-state index contributed by atoms with van der Waals surface area (Å²) in [5, 5.41) is 10.1. The monoisotopic (exact) mass is 364 g/mol. The van der Waals surface area contributed by atoms with Crippen LogP contribution in [0.5, 0.6) is 0 Å². The van der Waals surface area contributed by atoms with Crippen LogP contribution in [0.3, 0.4) is 0 Å². The number of aromatic nitrogens is 2. The first-order valence-electron chi connectivity index (χ1n) is 8.99. The third kappa shape index (κ3) is 3.04. The molecule has 5 heteroatoms. The number of nitrogens with zero attached hydrogens (tertiary/aromatic N) is 4. The van der Waals surface area contributed by atoms with Crippen LogP contribution in [0.25, 0.3) is 16.9 Å². The molecular formula is C21H21ClN4. The maximum Gasteiger partial charge on any atom is 0.139 e. The molecule has 1 aliphatic rings. The Morgan fingerprint density at radius 1 is 1.23 bits per heavy atom. The maximum absolute atomic E-state index is 9.47. The zero-order chi connectivity index (χ0) is 18.3. The summed E-state index contributed by atoms with van der Waals surface area (Å²) in [5.41, 5.74) is 5.15. The van der Waals surface area contributed by atoms with Crippen molar-refractivity contribution in [3.05, 3.63) is 52.8 Å². The first-order chi connectivity index (χ1) is 12.5. The molecule has 3 heterocycles. The van der Waals surface area contributed by atoms with E-state index in [4.69, 9.17) is 16.6 Å². The van der Waals surface area contributed by atoms with E-state index < -0.39 is 0 Å². The van der Waals surface area contributed by atoms with Crippen molar-refractivity contribution in [3.8, 4) is 17.3 Å². The Hall–Kier alpha value is -2.51. The molecule has 0 saturated carbocycles. The molecule has 1 aromatic carbocycles. The number of halogens is 1. The van der Waals surface area contributed by atoms with Crippen LogP contribution in [-0.2, 0) is 0 Å². The standard InChI is InChI=1S/C21H21ClN4/c1-14-3-6-25(7-4-14)17-5-8-26-13-20(24-21(26)10-17)18-11-19(22)15(2)9-16(18)12-23/h5,8-11,13-14H,3-4,6-7H2,1-2H3. The fourth-order valence-electron chi connectivity index (χ4n) is 3.55. The summed E-state index contributed by atoms with van der Waals surface area (Å²) in [6, 6.07) is 10.2. The van der Waals surface area contributed by atoms with Crippen LogP contribution in [0.1, 0.15) is 30.9 Å². The molecule has 0 unspecified atom stereocenters. The van der Waals surface area contributed by atoms with Gasteiger partial charge in [-0.3, -0.25) is 0 Å². The smallest absolute Gasteiger partial charge is 0.139 e. The molecular weight excluding hydrogens is 344 g/mol. The van der Waals surface area contributed by atoms with Gasteiger partial charge < -0.3 is 9.30 Å². The number of benzene rings is 1. The molecule has 0 atom stereocenters. The van der Waals surface area contributed by atoms with E-state index >= 15 is 0 Å². The second-order valence-corrected chi connectivity index (χ2v) is 7.61. The Morgan fingerprint density at radius 3 is 2.73 bits per heavy atom. The van der Waals surface area contributed by atoms with E-state index in [0.29, 0.717) is 10.6 Å². The molecule has 4 nitrogen and oxygen atoms in total. The summed E-state index contributed by atoms with van der Waals surface area (Å²) in [7, 11) is 0.